The summed E-state index contributed by atoms with van der Waals surface area (Å²) in [6.07, 6.45) is 2.34. The lowest BCUT2D eigenvalue weighted by atomic mass is 10.1. The number of aromatic nitrogens is 3. The summed E-state index contributed by atoms with van der Waals surface area (Å²) >= 11 is 0. The minimum atomic E-state index is -1.01. The first kappa shape index (κ1) is 11.3. The van der Waals surface area contributed by atoms with E-state index >= 15 is 0 Å². The van der Waals surface area contributed by atoms with E-state index in [1.54, 1.807) is 41.3 Å². The number of carboxylic acid groups (broad SMARTS) is 1. The van der Waals surface area contributed by atoms with Gasteiger partial charge < -0.3 is 9.84 Å². The maximum atomic E-state index is 10.9. The van der Waals surface area contributed by atoms with Crippen molar-refractivity contribution in [3.05, 3.63) is 42.2 Å². The van der Waals surface area contributed by atoms with E-state index in [0.29, 0.717) is 5.56 Å². The van der Waals surface area contributed by atoms with Crippen molar-refractivity contribution in [2.75, 3.05) is 7.11 Å². The highest BCUT2D eigenvalue weighted by molar-refractivity contribution is 5.74. The van der Waals surface area contributed by atoms with Gasteiger partial charge >= 0.3 is 5.97 Å². The third-order valence-electron chi connectivity index (χ3n) is 2.34. The van der Waals surface area contributed by atoms with Gasteiger partial charge in [0.1, 0.15) is 0 Å². The molecular weight excluding hydrogens is 222 g/mol. The van der Waals surface area contributed by atoms with E-state index in [1.165, 1.54) is 7.11 Å². The molecule has 2 rings (SSSR count). The molecule has 0 bridgehead atoms. The zero-order valence-corrected chi connectivity index (χ0v) is 9.15. The van der Waals surface area contributed by atoms with Crippen molar-refractivity contribution >= 4 is 5.97 Å². The van der Waals surface area contributed by atoms with Crippen LogP contribution >= 0.6 is 0 Å². The molecule has 2 aromatic rings. The molecule has 0 saturated heterocycles. The lowest BCUT2D eigenvalue weighted by molar-refractivity contribution is -0.148. The SMILES string of the molecule is COC(C(=O)O)c1ccc(-n2ccnn2)cc1. The first-order valence-corrected chi connectivity index (χ1v) is 4.94. The Kier molecular flexibility index (Phi) is 3.15. The van der Waals surface area contributed by atoms with Crippen molar-refractivity contribution < 1.29 is 14.6 Å². The van der Waals surface area contributed by atoms with Gasteiger partial charge in [0, 0.05) is 7.11 Å². The van der Waals surface area contributed by atoms with E-state index in [0.717, 1.165) is 5.69 Å². The van der Waals surface area contributed by atoms with Crippen LogP contribution in [0.15, 0.2) is 36.7 Å². The fourth-order valence-electron chi connectivity index (χ4n) is 1.53. The highest BCUT2D eigenvalue weighted by Gasteiger charge is 2.18. The molecule has 0 spiro atoms. The van der Waals surface area contributed by atoms with Gasteiger partial charge in [-0.1, -0.05) is 17.3 Å². The summed E-state index contributed by atoms with van der Waals surface area (Å²) in [5.74, 6) is -1.01. The van der Waals surface area contributed by atoms with E-state index < -0.39 is 12.1 Å². The lowest BCUT2D eigenvalue weighted by Gasteiger charge is -2.11. The highest BCUT2D eigenvalue weighted by Crippen LogP contribution is 2.18. The minimum absolute atomic E-state index is 0.587. The molecule has 17 heavy (non-hydrogen) atoms. The van der Waals surface area contributed by atoms with Gasteiger partial charge in [-0.05, 0) is 17.7 Å². The summed E-state index contributed by atoms with van der Waals surface area (Å²) in [4.78, 5) is 10.9. The molecule has 1 atom stereocenters. The molecule has 0 aliphatic rings. The molecule has 0 fully saturated rings. The van der Waals surface area contributed by atoms with Gasteiger partial charge in [0.2, 0.25) is 0 Å². The molecule has 1 N–H and O–H groups in total. The number of nitrogens with zero attached hydrogens (tertiary/aromatic N) is 3. The van der Waals surface area contributed by atoms with Crippen LogP contribution in [0.1, 0.15) is 11.7 Å². The average Bonchev–Trinajstić information content (AvgIpc) is 2.84. The zero-order valence-electron chi connectivity index (χ0n) is 9.15. The quantitative estimate of drug-likeness (QED) is 0.853. The maximum absolute atomic E-state index is 10.9. The van der Waals surface area contributed by atoms with Crippen molar-refractivity contribution in [3.63, 3.8) is 0 Å². The van der Waals surface area contributed by atoms with Crippen molar-refractivity contribution in [2.24, 2.45) is 0 Å². The van der Waals surface area contributed by atoms with Crippen LogP contribution in [0.2, 0.25) is 0 Å². The number of carboxylic acids is 1. The fourth-order valence-corrected chi connectivity index (χ4v) is 1.53. The topological polar surface area (TPSA) is 77.2 Å². The van der Waals surface area contributed by atoms with Gasteiger partial charge in [-0.15, -0.1) is 5.10 Å². The average molecular weight is 233 g/mol. The predicted molar refractivity (Wildman–Crippen MR) is 58.7 cm³/mol. The van der Waals surface area contributed by atoms with E-state index in [4.69, 9.17) is 9.84 Å². The number of carbonyl (C=O) groups is 1. The minimum Gasteiger partial charge on any atom is -0.479 e. The number of hydrogen-bond acceptors (Lipinski definition) is 4. The number of rotatable bonds is 4. The monoisotopic (exact) mass is 233 g/mol. The Morgan fingerprint density at radius 3 is 2.59 bits per heavy atom. The number of ether oxygens (including phenoxy) is 1. The Bertz CT molecular complexity index is 493. The van der Waals surface area contributed by atoms with Gasteiger partial charge in [0.15, 0.2) is 6.10 Å². The number of methoxy groups -OCH3 is 1. The summed E-state index contributed by atoms with van der Waals surface area (Å²) in [5.41, 5.74) is 1.40. The summed E-state index contributed by atoms with van der Waals surface area (Å²) in [6, 6.07) is 6.91. The Hall–Kier alpha value is -2.21. The van der Waals surface area contributed by atoms with Crippen molar-refractivity contribution in [1.82, 2.24) is 15.0 Å². The zero-order chi connectivity index (χ0) is 12.3. The van der Waals surface area contributed by atoms with Crippen LogP contribution in [0, 0.1) is 0 Å². The Morgan fingerprint density at radius 1 is 1.41 bits per heavy atom. The first-order valence-electron chi connectivity index (χ1n) is 4.94. The van der Waals surface area contributed by atoms with Crippen LogP contribution < -0.4 is 0 Å². The molecule has 0 amide bonds. The Balaban J connectivity index is 2.26. The van der Waals surface area contributed by atoms with Crippen molar-refractivity contribution in [1.29, 1.82) is 0 Å². The molecule has 0 aliphatic carbocycles. The van der Waals surface area contributed by atoms with Gasteiger partial charge in [0.25, 0.3) is 0 Å². The lowest BCUT2D eigenvalue weighted by Crippen LogP contribution is -2.13. The van der Waals surface area contributed by atoms with Crippen molar-refractivity contribution in [2.45, 2.75) is 6.10 Å². The molecule has 1 aromatic heterocycles. The largest absolute Gasteiger partial charge is 0.479 e. The van der Waals surface area contributed by atoms with Crippen LogP contribution in [0.5, 0.6) is 0 Å². The highest BCUT2D eigenvalue weighted by atomic mass is 16.5. The van der Waals surface area contributed by atoms with Gasteiger partial charge in [-0.25, -0.2) is 9.48 Å². The summed E-state index contributed by atoms with van der Waals surface area (Å²) < 4.78 is 6.48. The number of aliphatic carboxylic acids is 1. The maximum Gasteiger partial charge on any atom is 0.337 e. The molecular formula is C11H11N3O3. The van der Waals surface area contributed by atoms with E-state index in [9.17, 15) is 4.79 Å². The molecule has 0 saturated carbocycles. The summed E-state index contributed by atoms with van der Waals surface area (Å²) in [7, 11) is 1.37. The Labute approximate surface area is 97.4 Å². The normalized spacial score (nSPS) is 12.3. The number of hydrogen-bond donors (Lipinski definition) is 1. The van der Waals surface area contributed by atoms with Crippen LogP contribution in [-0.2, 0) is 9.53 Å². The Morgan fingerprint density at radius 2 is 2.12 bits per heavy atom. The molecule has 0 radical (unpaired) electrons. The number of benzene rings is 1. The molecule has 1 aromatic carbocycles. The third-order valence-corrected chi connectivity index (χ3v) is 2.34. The van der Waals surface area contributed by atoms with Crippen LogP contribution in [0.25, 0.3) is 5.69 Å². The smallest absolute Gasteiger partial charge is 0.337 e. The van der Waals surface area contributed by atoms with Crippen molar-refractivity contribution in [3.8, 4) is 5.69 Å². The molecule has 6 nitrogen and oxygen atoms in total. The molecule has 6 heteroatoms. The van der Waals surface area contributed by atoms with E-state index in [1.807, 2.05) is 0 Å². The second-order valence-corrected chi connectivity index (χ2v) is 3.39. The van der Waals surface area contributed by atoms with E-state index in [-0.39, 0.29) is 0 Å². The van der Waals surface area contributed by atoms with Crippen LogP contribution in [0.4, 0.5) is 0 Å². The molecule has 1 unspecified atom stereocenters. The molecule has 88 valence electrons. The van der Waals surface area contributed by atoms with Gasteiger partial charge in [0.05, 0.1) is 18.1 Å². The predicted octanol–water partition coefficient (Wildman–Crippen LogP) is 1.04. The van der Waals surface area contributed by atoms with Gasteiger partial charge in [-0.2, -0.15) is 0 Å². The molecule has 0 aliphatic heterocycles. The third kappa shape index (κ3) is 2.31. The second kappa shape index (κ2) is 4.75. The molecule has 1 heterocycles. The summed E-state index contributed by atoms with van der Waals surface area (Å²) in [5, 5.41) is 16.5. The van der Waals surface area contributed by atoms with Crippen LogP contribution in [0.3, 0.4) is 0 Å². The van der Waals surface area contributed by atoms with E-state index in [2.05, 4.69) is 10.3 Å². The second-order valence-electron chi connectivity index (χ2n) is 3.39. The standard InChI is InChI=1S/C11H11N3O3/c1-17-10(11(15)16)8-2-4-9(5-3-8)14-7-6-12-13-14/h2-7,10H,1H3,(H,15,16). The van der Waals surface area contributed by atoms with Gasteiger partial charge in [-0.3, -0.25) is 0 Å². The summed E-state index contributed by atoms with van der Waals surface area (Å²) in [6.45, 7) is 0. The van der Waals surface area contributed by atoms with Crippen LogP contribution in [-0.4, -0.2) is 33.2 Å². The fraction of sp³-hybridized carbons (Fsp3) is 0.182. The first-order chi connectivity index (χ1) is 8.22.